The number of carbonyl (C=O) groups excluding carboxylic acids is 1. The topological polar surface area (TPSA) is 41.2 Å². The number of fused-ring (bicyclic) bond motifs is 4. The van der Waals surface area contributed by atoms with Gasteiger partial charge < -0.3 is 9.67 Å². The Morgan fingerprint density at radius 2 is 1.46 bits per heavy atom. The minimum Gasteiger partial charge on any atom is -0.504 e. The number of pyridine rings is 1. The van der Waals surface area contributed by atoms with Crippen LogP contribution in [0.4, 0.5) is 39.5 Å². The SMILES string of the molecule is CC(C)CC(=O)/C=C(\O)C(F)(F)F.[CH2-]c1c(-c2c3sc4cc(CCC(C(F)(F)F)C(F)(F)F)ccc4c3cc[n+]2[CH2-])cc(C(C)(C)C)c2ccccc12.[Ir]. The van der Waals surface area contributed by atoms with E-state index in [0.29, 0.717) is 5.56 Å². The van der Waals surface area contributed by atoms with Crippen LogP contribution in [-0.2, 0) is 36.7 Å². The van der Waals surface area contributed by atoms with Crippen molar-refractivity contribution in [1.82, 2.24) is 0 Å². The zero-order valence-corrected chi connectivity index (χ0v) is 33.2. The molecule has 295 valence electrons. The summed E-state index contributed by atoms with van der Waals surface area (Å²) in [6.45, 7) is 14.3. The molecule has 0 bridgehead atoms. The first-order valence-corrected chi connectivity index (χ1v) is 17.4. The fraction of sp³-hybridized carbons (Fsp3) is 0.350. The second-order valence-electron chi connectivity index (χ2n) is 14.3. The number of carbonyl (C=O) groups is 1. The Hall–Kier alpha value is -3.74. The van der Waals surface area contributed by atoms with E-state index < -0.39 is 42.4 Å². The Balaban J connectivity index is 0.000000481. The molecule has 0 saturated carbocycles. The minimum atomic E-state index is -5.34. The van der Waals surface area contributed by atoms with Crippen molar-refractivity contribution < 1.29 is 74.1 Å². The Morgan fingerprint density at radius 3 is 2.00 bits per heavy atom. The molecule has 0 unspecified atom stereocenters. The number of aliphatic hydroxyl groups excluding tert-OH is 1. The zero-order chi connectivity index (χ0) is 39.8. The Kier molecular flexibility index (Phi) is 13.7. The molecule has 0 spiro atoms. The number of ketones is 1. The zero-order valence-electron chi connectivity index (χ0n) is 30.0. The molecule has 5 aromatic rings. The molecule has 14 heteroatoms. The molecule has 54 heavy (non-hydrogen) atoms. The van der Waals surface area contributed by atoms with E-state index in [2.05, 4.69) is 52.9 Å². The summed E-state index contributed by atoms with van der Waals surface area (Å²) in [5, 5.41) is 12.4. The number of hydrogen-bond acceptors (Lipinski definition) is 3. The molecular formula is C40H39F9IrNO2S-. The van der Waals surface area contributed by atoms with Crippen LogP contribution in [0.15, 0.2) is 72.6 Å². The average molecular weight is 961 g/mol. The first-order valence-electron chi connectivity index (χ1n) is 16.5. The monoisotopic (exact) mass is 961 g/mol. The maximum atomic E-state index is 13.1. The van der Waals surface area contributed by atoms with Gasteiger partial charge in [0.25, 0.3) is 0 Å². The second kappa shape index (κ2) is 16.5. The predicted octanol–water partition coefficient (Wildman–Crippen LogP) is 12.6. The van der Waals surface area contributed by atoms with Crippen LogP contribution in [0.1, 0.15) is 64.2 Å². The summed E-state index contributed by atoms with van der Waals surface area (Å²) in [4.78, 5) is 10.8. The number of nitrogens with zero attached hydrogens (tertiary/aromatic N) is 1. The quantitative estimate of drug-likeness (QED) is 0.0581. The van der Waals surface area contributed by atoms with Crippen molar-refractivity contribution in [1.29, 1.82) is 0 Å². The number of aromatic nitrogens is 1. The van der Waals surface area contributed by atoms with Crippen LogP contribution in [-0.4, -0.2) is 29.4 Å². The number of hydrogen-bond donors (Lipinski definition) is 1. The van der Waals surface area contributed by atoms with Gasteiger partial charge in [-0.1, -0.05) is 75.9 Å². The van der Waals surface area contributed by atoms with E-state index in [1.807, 2.05) is 24.4 Å². The summed E-state index contributed by atoms with van der Waals surface area (Å²) in [6, 6.07) is 17.3. The Labute approximate surface area is 325 Å². The van der Waals surface area contributed by atoms with Crippen molar-refractivity contribution in [2.24, 2.45) is 11.8 Å². The van der Waals surface area contributed by atoms with Gasteiger partial charge in [-0.25, -0.2) is 0 Å². The molecule has 3 nitrogen and oxygen atoms in total. The third-order valence-electron chi connectivity index (χ3n) is 8.65. The van der Waals surface area contributed by atoms with Crippen molar-refractivity contribution in [2.45, 2.75) is 77.8 Å². The van der Waals surface area contributed by atoms with Crippen LogP contribution < -0.4 is 4.57 Å². The Bertz CT molecular complexity index is 2140. The van der Waals surface area contributed by atoms with E-state index in [-0.39, 0.29) is 50.4 Å². The second-order valence-corrected chi connectivity index (χ2v) is 15.4. The van der Waals surface area contributed by atoms with Gasteiger partial charge in [0.05, 0.1) is 11.9 Å². The molecule has 0 aliphatic heterocycles. The number of thiophene rings is 1. The number of alkyl halides is 9. The van der Waals surface area contributed by atoms with Crippen molar-refractivity contribution >= 4 is 48.1 Å². The summed E-state index contributed by atoms with van der Waals surface area (Å²) in [5.41, 5.74) is 4.08. The average Bonchev–Trinajstić information content (AvgIpc) is 3.37. The smallest absolute Gasteiger partial charge is 0.448 e. The molecule has 2 aromatic heterocycles. The molecule has 0 atom stereocenters. The maximum absolute atomic E-state index is 13.1. The fourth-order valence-corrected chi connectivity index (χ4v) is 7.42. The normalized spacial score (nSPS) is 13.1. The minimum absolute atomic E-state index is 0. The van der Waals surface area contributed by atoms with Crippen LogP contribution >= 0.6 is 11.3 Å². The largest absolute Gasteiger partial charge is 0.504 e. The van der Waals surface area contributed by atoms with Gasteiger partial charge >= 0.3 is 18.5 Å². The van der Waals surface area contributed by atoms with Crippen LogP contribution in [0.2, 0.25) is 0 Å². The number of rotatable bonds is 7. The molecule has 5 rings (SSSR count). The van der Waals surface area contributed by atoms with E-state index >= 15 is 0 Å². The Morgan fingerprint density at radius 1 is 0.870 bits per heavy atom. The molecular weight excluding hydrogens is 922 g/mol. The molecule has 0 aliphatic carbocycles. The van der Waals surface area contributed by atoms with E-state index in [0.717, 1.165) is 53.3 Å². The summed E-state index contributed by atoms with van der Waals surface area (Å²) in [6.07, 6.45) is -14.8. The fourth-order valence-electron chi connectivity index (χ4n) is 6.09. The third kappa shape index (κ3) is 10.3. The maximum Gasteiger partial charge on any atom is 0.448 e. The van der Waals surface area contributed by atoms with Crippen LogP contribution in [0.25, 0.3) is 42.2 Å². The van der Waals surface area contributed by atoms with E-state index in [1.165, 1.54) is 11.3 Å². The molecule has 0 aliphatic rings. The number of halogens is 9. The van der Waals surface area contributed by atoms with Crippen LogP contribution in [0.3, 0.4) is 0 Å². The molecule has 3 aromatic carbocycles. The van der Waals surface area contributed by atoms with Crippen LogP contribution in [0, 0.1) is 25.8 Å². The molecule has 1 N–H and O–H groups in total. The summed E-state index contributed by atoms with van der Waals surface area (Å²) < 4.78 is 117. The van der Waals surface area contributed by atoms with Gasteiger partial charge in [-0.15, -0.1) is 34.4 Å². The molecule has 1 radical (unpaired) electrons. The van der Waals surface area contributed by atoms with Crippen molar-refractivity contribution in [3.8, 4) is 11.3 Å². The molecule has 0 saturated heterocycles. The third-order valence-corrected chi connectivity index (χ3v) is 9.82. The van der Waals surface area contributed by atoms with E-state index in [4.69, 9.17) is 5.11 Å². The number of allylic oxidation sites excluding steroid dienone is 2. The van der Waals surface area contributed by atoms with Crippen LogP contribution in [0.5, 0.6) is 0 Å². The van der Waals surface area contributed by atoms with Gasteiger partial charge in [0, 0.05) is 49.0 Å². The summed E-state index contributed by atoms with van der Waals surface area (Å²) in [5.74, 6) is -5.93. The number of benzene rings is 3. The number of aryl methyl sites for hydroxylation is 1. The predicted molar refractivity (Wildman–Crippen MR) is 192 cm³/mol. The van der Waals surface area contributed by atoms with Crippen molar-refractivity contribution in [3.63, 3.8) is 0 Å². The van der Waals surface area contributed by atoms with Gasteiger partial charge in [0.2, 0.25) is 5.76 Å². The van der Waals surface area contributed by atoms with E-state index in [1.54, 1.807) is 36.6 Å². The molecule has 0 fully saturated rings. The standard InChI is InChI=1S/C32H28F6NS.C8H11F3O2.Ir/c1-18-20-8-6-7-9-21(20)25(30(2,3)4)17-24(18)28-29-23(14-15-39(28)5)22-12-10-19(16-26(22)40-29)11-13-27(31(33,34)35)32(36,37)38;1-5(2)3-6(12)4-7(13)8(9,10)11;/h6-10,12,14-17,27H,1,5,11,13H2,2-4H3;4-5,13H,3H2,1-2H3;/q-1;;/b;7-4-;. The molecule has 2 heterocycles. The summed E-state index contributed by atoms with van der Waals surface area (Å²) >= 11 is 1.45. The van der Waals surface area contributed by atoms with E-state index in [9.17, 15) is 44.3 Å². The van der Waals surface area contributed by atoms with Crippen molar-refractivity contribution in [3.05, 3.63) is 103 Å². The first-order chi connectivity index (χ1) is 24.3. The number of aliphatic hydroxyl groups is 1. The van der Waals surface area contributed by atoms with Gasteiger partial charge in [0.1, 0.15) is 0 Å². The van der Waals surface area contributed by atoms with Crippen molar-refractivity contribution in [2.75, 3.05) is 0 Å². The van der Waals surface area contributed by atoms with Gasteiger partial charge in [-0.2, -0.15) is 52.0 Å². The van der Waals surface area contributed by atoms with Gasteiger partial charge in [0.15, 0.2) is 11.7 Å². The first kappa shape index (κ1) is 44.7. The molecule has 0 amide bonds. The van der Waals surface area contributed by atoms with Gasteiger partial charge in [-0.3, -0.25) is 4.79 Å². The van der Waals surface area contributed by atoms with Gasteiger partial charge in [-0.05, 0) is 52.6 Å². The summed E-state index contributed by atoms with van der Waals surface area (Å²) in [7, 11) is 4.23.